The lowest BCUT2D eigenvalue weighted by molar-refractivity contribution is 1.25. The van der Waals surface area contributed by atoms with Crippen molar-refractivity contribution in [1.29, 1.82) is 0 Å². The monoisotopic (exact) mass is 312 g/mol. The van der Waals surface area contributed by atoms with Gasteiger partial charge in [-0.2, -0.15) is 0 Å². The fraction of sp³-hybridized carbons (Fsp3) is 0.118. The molecule has 2 heterocycles. The minimum absolute atomic E-state index is 0.747. The molecule has 0 unspecified atom stereocenters. The molecule has 0 radical (unpaired) electrons. The van der Waals surface area contributed by atoms with Crippen LogP contribution in [0.2, 0.25) is 5.02 Å². The van der Waals surface area contributed by atoms with Gasteiger partial charge >= 0.3 is 0 Å². The minimum Gasteiger partial charge on any atom is -0.289 e. The summed E-state index contributed by atoms with van der Waals surface area (Å²) in [4.78, 5) is 5.79. The SMILES string of the molecule is Cc1ccc2sc3nc(-c4ccc(Cl)cc4)cn3c2c1C. The second kappa shape index (κ2) is 4.58. The first-order valence-corrected chi connectivity index (χ1v) is 7.97. The molecule has 0 spiro atoms. The molecule has 0 aliphatic heterocycles. The summed E-state index contributed by atoms with van der Waals surface area (Å²) in [5, 5.41) is 0.747. The highest BCUT2D eigenvalue weighted by molar-refractivity contribution is 7.23. The number of benzene rings is 2. The molecule has 0 fully saturated rings. The van der Waals surface area contributed by atoms with Gasteiger partial charge in [0.2, 0.25) is 0 Å². The van der Waals surface area contributed by atoms with Gasteiger partial charge in [0.05, 0.1) is 15.9 Å². The normalized spacial score (nSPS) is 11.6. The van der Waals surface area contributed by atoms with E-state index in [2.05, 4.69) is 36.6 Å². The van der Waals surface area contributed by atoms with Crippen LogP contribution in [0, 0.1) is 13.8 Å². The van der Waals surface area contributed by atoms with Crippen LogP contribution < -0.4 is 0 Å². The molecular weight excluding hydrogens is 300 g/mol. The molecule has 2 aromatic carbocycles. The second-order valence-corrected chi connectivity index (χ2v) is 6.69. The lowest BCUT2D eigenvalue weighted by Crippen LogP contribution is -1.85. The lowest BCUT2D eigenvalue weighted by atomic mass is 10.1. The third-order valence-corrected chi connectivity index (χ3v) is 5.19. The lowest BCUT2D eigenvalue weighted by Gasteiger charge is -2.01. The summed E-state index contributed by atoms with van der Waals surface area (Å²) in [7, 11) is 0. The average Bonchev–Trinajstić information content (AvgIpc) is 3.01. The third-order valence-electron chi connectivity index (χ3n) is 3.92. The summed E-state index contributed by atoms with van der Waals surface area (Å²) in [5.74, 6) is 0. The van der Waals surface area contributed by atoms with Crippen LogP contribution in [-0.2, 0) is 0 Å². The van der Waals surface area contributed by atoms with Gasteiger partial charge in [-0.3, -0.25) is 4.40 Å². The summed E-state index contributed by atoms with van der Waals surface area (Å²) < 4.78 is 3.48. The molecule has 0 amide bonds. The summed E-state index contributed by atoms with van der Waals surface area (Å²) in [6.07, 6.45) is 2.11. The number of nitrogens with zero attached hydrogens (tertiary/aromatic N) is 2. The first-order chi connectivity index (χ1) is 10.1. The van der Waals surface area contributed by atoms with Crippen molar-refractivity contribution < 1.29 is 0 Å². The quantitative estimate of drug-likeness (QED) is 0.454. The van der Waals surface area contributed by atoms with E-state index in [0.29, 0.717) is 0 Å². The highest BCUT2D eigenvalue weighted by Gasteiger charge is 2.12. The molecule has 2 nitrogen and oxygen atoms in total. The van der Waals surface area contributed by atoms with Gasteiger partial charge in [-0.25, -0.2) is 4.98 Å². The van der Waals surface area contributed by atoms with E-state index < -0.39 is 0 Å². The van der Waals surface area contributed by atoms with Crippen LogP contribution >= 0.6 is 22.9 Å². The molecule has 0 saturated heterocycles. The molecule has 0 N–H and O–H groups in total. The number of halogens is 1. The molecule has 0 saturated carbocycles. The zero-order valence-electron chi connectivity index (χ0n) is 11.7. The average molecular weight is 313 g/mol. The van der Waals surface area contributed by atoms with Crippen LogP contribution in [0.4, 0.5) is 0 Å². The highest BCUT2D eigenvalue weighted by Crippen LogP contribution is 2.32. The molecule has 21 heavy (non-hydrogen) atoms. The molecule has 4 rings (SSSR count). The Morgan fingerprint density at radius 2 is 1.81 bits per heavy atom. The van der Waals surface area contributed by atoms with Gasteiger partial charge in [-0.05, 0) is 43.2 Å². The van der Waals surface area contributed by atoms with E-state index in [0.717, 1.165) is 21.2 Å². The van der Waals surface area contributed by atoms with E-state index in [-0.39, 0.29) is 0 Å². The maximum absolute atomic E-state index is 5.95. The van der Waals surface area contributed by atoms with E-state index in [4.69, 9.17) is 16.6 Å². The van der Waals surface area contributed by atoms with Crippen molar-refractivity contribution in [2.45, 2.75) is 13.8 Å². The van der Waals surface area contributed by atoms with Gasteiger partial charge in [-0.1, -0.05) is 41.1 Å². The van der Waals surface area contributed by atoms with Crippen LogP contribution in [0.1, 0.15) is 11.1 Å². The molecule has 4 heteroatoms. The Kier molecular flexibility index (Phi) is 2.81. The number of fused-ring (bicyclic) bond motifs is 3. The third kappa shape index (κ3) is 1.96. The number of rotatable bonds is 1. The number of aromatic nitrogens is 2. The number of hydrogen-bond donors (Lipinski definition) is 0. The smallest absolute Gasteiger partial charge is 0.195 e. The molecule has 0 atom stereocenters. The highest BCUT2D eigenvalue weighted by atomic mass is 35.5. The fourth-order valence-electron chi connectivity index (χ4n) is 2.61. The molecule has 0 aliphatic rings. The van der Waals surface area contributed by atoms with Crippen molar-refractivity contribution in [3.63, 3.8) is 0 Å². The Morgan fingerprint density at radius 1 is 1.05 bits per heavy atom. The zero-order valence-corrected chi connectivity index (χ0v) is 13.3. The molecular formula is C17H13ClN2S. The topological polar surface area (TPSA) is 17.3 Å². The van der Waals surface area contributed by atoms with Gasteiger partial charge in [0.25, 0.3) is 0 Å². The Balaban J connectivity index is 1.98. The van der Waals surface area contributed by atoms with Gasteiger partial charge < -0.3 is 0 Å². The van der Waals surface area contributed by atoms with Crippen LogP contribution in [0.15, 0.2) is 42.6 Å². The van der Waals surface area contributed by atoms with E-state index in [9.17, 15) is 0 Å². The van der Waals surface area contributed by atoms with E-state index >= 15 is 0 Å². The van der Waals surface area contributed by atoms with Crippen molar-refractivity contribution in [2.24, 2.45) is 0 Å². The fourth-order valence-corrected chi connectivity index (χ4v) is 3.80. The summed E-state index contributed by atoms with van der Waals surface area (Å²) >= 11 is 7.68. The summed E-state index contributed by atoms with van der Waals surface area (Å²) in [5.41, 5.74) is 5.97. The second-order valence-electron chi connectivity index (χ2n) is 5.24. The van der Waals surface area contributed by atoms with E-state index in [1.807, 2.05) is 24.3 Å². The van der Waals surface area contributed by atoms with Crippen molar-refractivity contribution >= 4 is 38.1 Å². The number of thiazole rings is 1. The standard InChI is InChI=1S/C17H13ClN2S/c1-10-3-8-15-16(11(10)2)20-9-14(19-17(20)21-15)12-4-6-13(18)7-5-12/h3-9H,1-2H3. The first-order valence-electron chi connectivity index (χ1n) is 6.77. The molecule has 4 aromatic rings. The Bertz CT molecular complexity index is 964. The molecule has 104 valence electrons. The minimum atomic E-state index is 0.747. The largest absolute Gasteiger partial charge is 0.289 e. The number of hydrogen-bond acceptors (Lipinski definition) is 2. The van der Waals surface area contributed by atoms with Crippen LogP contribution in [-0.4, -0.2) is 9.38 Å². The maximum atomic E-state index is 5.95. The summed E-state index contributed by atoms with van der Waals surface area (Å²) in [6, 6.07) is 12.2. The van der Waals surface area contributed by atoms with Crippen LogP contribution in [0.3, 0.4) is 0 Å². The van der Waals surface area contributed by atoms with Crippen molar-refractivity contribution in [3.8, 4) is 11.3 Å². The van der Waals surface area contributed by atoms with Gasteiger partial charge in [0.1, 0.15) is 0 Å². The Labute approximate surface area is 131 Å². The first kappa shape index (κ1) is 12.9. The van der Waals surface area contributed by atoms with Gasteiger partial charge in [0.15, 0.2) is 4.96 Å². The predicted molar refractivity (Wildman–Crippen MR) is 90.5 cm³/mol. The van der Waals surface area contributed by atoms with Crippen LogP contribution in [0.25, 0.3) is 26.4 Å². The molecule has 0 aliphatic carbocycles. The number of aryl methyl sites for hydroxylation is 2. The maximum Gasteiger partial charge on any atom is 0.195 e. The Hall–Kier alpha value is -1.84. The van der Waals surface area contributed by atoms with Gasteiger partial charge in [0, 0.05) is 16.8 Å². The number of imidazole rings is 1. The van der Waals surface area contributed by atoms with Crippen molar-refractivity contribution in [1.82, 2.24) is 9.38 Å². The van der Waals surface area contributed by atoms with Crippen molar-refractivity contribution in [2.75, 3.05) is 0 Å². The van der Waals surface area contributed by atoms with Gasteiger partial charge in [-0.15, -0.1) is 0 Å². The van der Waals surface area contributed by atoms with E-state index in [1.54, 1.807) is 11.3 Å². The van der Waals surface area contributed by atoms with Crippen molar-refractivity contribution in [3.05, 3.63) is 58.7 Å². The van der Waals surface area contributed by atoms with E-state index in [1.165, 1.54) is 21.3 Å². The Morgan fingerprint density at radius 3 is 2.57 bits per heavy atom. The molecule has 0 bridgehead atoms. The zero-order chi connectivity index (χ0) is 14.6. The van der Waals surface area contributed by atoms with Crippen LogP contribution in [0.5, 0.6) is 0 Å². The summed E-state index contributed by atoms with van der Waals surface area (Å²) in [6.45, 7) is 4.32. The molecule has 2 aromatic heterocycles. The predicted octanol–water partition coefficient (Wildman–Crippen LogP) is 5.49.